The third kappa shape index (κ3) is 6.01. The van der Waals surface area contributed by atoms with E-state index in [0.717, 1.165) is 54.0 Å². The van der Waals surface area contributed by atoms with Crippen LogP contribution in [0.1, 0.15) is 48.3 Å². The first-order valence-electron chi connectivity index (χ1n) is 14.2. The standard InChI is InChI=1S/C32H31FN6O4/c1-3-41-28-15-23(27-16-30(40)37-43-27)14-26-32(28)36-29(38(26)2)18-39-11-9-21(10-12-39)25-5-4-6-31(35-25)42-19-22-8-7-20(17-34)13-24(22)33/h4-8,13-16,21H,3,9-12,18-19H2,1-2H3,(H,37,40). The van der Waals surface area contributed by atoms with Crippen LogP contribution in [0, 0.1) is 17.1 Å². The maximum atomic E-state index is 14.2. The number of aromatic nitrogens is 4. The number of aryl methyl sites for hydroxylation is 1. The number of halogens is 1. The maximum absolute atomic E-state index is 14.2. The minimum atomic E-state index is -0.466. The number of pyridine rings is 1. The first-order chi connectivity index (χ1) is 20.9. The third-order valence-corrected chi connectivity index (χ3v) is 7.83. The van der Waals surface area contributed by atoms with Crippen LogP contribution in [-0.4, -0.2) is 44.3 Å². The Hall–Kier alpha value is -4.95. The number of rotatable bonds is 9. The molecule has 1 saturated heterocycles. The van der Waals surface area contributed by atoms with E-state index in [1.807, 2.05) is 44.3 Å². The van der Waals surface area contributed by atoms with Gasteiger partial charge in [0.05, 0.1) is 36.4 Å². The molecule has 0 atom stereocenters. The van der Waals surface area contributed by atoms with Crippen molar-refractivity contribution in [2.45, 2.75) is 38.8 Å². The number of hydrogen-bond acceptors (Lipinski definition) is 8. The van der Waals surface area contributed by atoms with Crippen LogP contribution in [0.15, 0.2) is 63.9 Å². The molecule has 4 heterocycles. The van der Waals surface area contributed by atoms with E-state index in [9.17, 15) is 9.18 Å². The van der Waals surface area contributed by atoms with Crippen molar-refractivity contribution >= 4 is 11.0 Å². The molecule has 0 amide bonds. The van der Waals surface area contributed by atoms with Gasteiger partial charge in [-0.2, -0.15) is 10.4 Å². The number of likely N-dealkylation sites (tertiary alicyclic amines) is 1. The fourth-order valence-electron chi connectivity index (χ4n) is 5.49. The Labute approximate surface area is 247 Å². The zero-order chi connectivity index (χ0) is 29.9. The van der Waals surface area contributed by atoms with Crippen molar-refractivity contribution in [1.29, 1.82) is 5.26 Å². The molecular formula is C32H31FN6O4. The van der Waals surface area contributed by atoms with E-state index in [1.54, 1.807) is 18.2 Å². The number of nitriles is 1. The maximum Gasteiger partial charge on any atom is 0.280 e. The van der Waals surface area contributed by atoms with Gasteiger partial charge in [0.1, 0.15) is 29.5 Å². The van der Waals surface area contributed by atoms with Gasteiger partial charge in [0.2, 0.25) is 5.88 Å². The lowest BCUT2D eigenvalue weighted by molar-refractivity contribution is 0.197. The van der Waals surface area contributed by atoms with E-state index >= 15 is 0 Å². The normalized spacial score (nSPS) is 14.2. The fraction of sp³-hybridized carbons (Fsp3) is 0.312. The molecule has 1 fully saturated rings. The topological polar surface area (TPSA) is 122 Å². The van der Waals surface area contributed by atoms with Crippen LogP contribution in [0.25, 0.3) is 22.4 Å². The van der Waals surface area contributed by atoms with E-state index in [4.69, 9.17) is 29.2 Å². The number of hydrogen-bond donors (Lipinski definition) is 1. The lowest BCUT2D eigenvalue weighted by Gasteiger charge is -2.31. The molecule has 0 radical (unpaired) electrons. The van der Waals surface area contributed by atoms with E-state index in [1.165, 1.54) is 12.1 Å². The van der Waals surface area contributed by atoms with Crippen LogP contribution in [0.2, 0.25) is 0 Å². The third-order valence-electron chi connectivity index (χ3n) is 7.83. The van der Waals surface area contributed by atoms with Gasteiger partial charge >= 0.3 is 0 Å². The zero-order valence-electron chi connectivity index (χ0n) is 24.0. The molecule has 1 aliphatic heterocycles. The Morgan fingerprint density at radius 3 is 2.67 bits per heavy atom. The second-order valence-corrected chi connectivity index (χ2v) is 10.6. The number of ether oxygens (including phenoxy) is 2. The highest BCUT2D eigenvalue weighted by molar-refractivity contribution is 5.87. The summed E-state index contributed by atoms with van der Waals surface area (Å²) in [4.78, 5) is 23.7. The summed E-state index contributed by atoms with van der Waals surface area (Å²) >= 11 is 0. The Morgan fingerprint density at radius 2 is 1.95 bits per heavy atom. The highest BCUT2D eigenvalue weighted by Gasteiger charge is 2.24. The van der Waals surface area contributed by atoms with E-state index in [0.29, 0.717) is 36.1 Å². The first kappa shape index (κ1) is 28.2. The zero-order valence-corrected chi connectivity index (χ0v) is 24.0. The SMILES string of the molecule is CCOc1cc(-c2cc(=O)[nH]o2)cc2c1nc(CN1CCC(c3cccc(OCc4ccc(C#N)cc4F)n3)CC1)n2C. The van der Waals surface area contributed by atoms with Gasteiger partial charge in [-0.1, -0.05) is 12.1 Å². The summed E-state index contributed by atoms with van der Waals surface area (Å²) in [5.41, 5.74) is 3.74. The highest BCUT2D eigenvalue weighted by Crippen LogP contribution is 2.34. The van der Waals surface area contributed by atoms with Crippen molar-refractivity contribution < 1.29 is 18.4 Å². The molecule has 6 rings (SSSR count). The number of nitrogens with zero attached hydrogens (tertiary/aromatic N) is 5. The summed E-state index contributed by atoms with van der Waals surface area (Å²) in [7, 11) is 1.99. The van der Waals surface area contributed by atoms with Crippen LogP contribution in [-0.2, 0) is 20.2 Å². The average molecular weight is 583 g/mol. The van der Waals surface area contributed by atoms with Crippen LogP contribution in [0.5, 0.6) is 11.6 Å². The van der Waals surface area contributed by atoms with Gasteiger partial charge in [0.25, 0.3) is 5.56 Å². The number of benzene rings is 2. The van der Waals surface area contributed by atoms with Gasteiger partial charge in [-0.15, -0.1) is 0 Å². The van der Waals surface area contributed by atoms with Crippen LogP contribution in [0.4, 0.5) is 4.39 Å². The molecule has 43 heavy (non-hydrogen) atoms. The van der Waals surface area contributed by atoms with Crippen molar-refractivity contribution in [3.63, 3.8) is 0 Å². The Morgan fingerprint density at radius 1 is 1.12 bits per heavy atom. The molecule has 3 aromatic heterocycles. The molecule has 1 N–H and O–H groups in total. The Balaban J connectivity index is 1.11. The van der Waals surface area contributed by atoms with Gasteiger partial charge in [-0.25, -0.2) is 14.4 Å². The minimum absolute atomic E-state index is 0.0383. The van der Waals surface area contributed by atoms with Crippen molar-refractivity contribution in [3.05, 3.63) is 93.4 Å². The first-order valence-corrected chi connectivity index (χ1v) is 14.2. The lowest BCUT2D eigenvalue weighted by Crippen LogP contribution is -2.33. The largest absolute Gasteiger partial charge is 0.492 e. The predicted molar refractivity (Wildman–Crippen MR) is 157 cm³/mol. The lowest BCUT2D eigenvalue weighted by atomic mass is 9.93. The quantitative estimate of drug-likeness (QED) is 0.249. The number of H-pyrrole nitrogens is 1. The fourth-order valence-corrected chi connectivity index (χ4v) is 5.49. The Bertz CT molecular complexity index is 1860. The van der Waals surface area contributed by atoms with Gasteiger partial charge < -0.3 is 18.6 Å². The summed E-state index contributed by atoms with van der Waals surface area (Å²) in [6.07, 6.45) is 1.87. The molecular weight excluding hydrogens is 551 g/mol. The molecule has 220 valence electrons. The molecule has 5 aromatic rings. The van der Waals surface area contributed by atoms with Crippen molar-refractivity contribution in [1.82, 2.24) is 24.6 Å². The molecule has 0 bridgehead atoms. The molecule has 2 aromatic carbocycles. The van der Waals surface area contributed by atoms with Crippen LogP contribution in [0.3, 0.4) is 0 Å². The molecule has 10 nitrogen and oxygen atoms in total. The van der Waals surface area contributed by atoms with Gasteiger partial charge in [0, 0.05) is 35.9 Å². The number of nitrogens with one attached hydrogen (secondary N) is 1. The number of imidazole rings is 1. The number of fused-ring (bicyclic) bond motifs is 1. The molecule has 0 aliphatic carbocycles. The second kappa shape index (κ2) is 12.1. The smallest absolute Gasteiger partial charge is 0.280 e. The van der Waals surface area contributed by atoms with E-state index in [2.05, 4.69) is 14.6 Å². The minimum Gasteiger partial charge on any atom is -0.492 e. The van der Waals surface area contributed by atoms with E-state index < -0.39 is 5.82 Å². The van der Waals surface area contributed by atoms with Crippen molar-refractivity contribution in [2.75, 3.05) is 19.7 Å². The summed E-state index contributed by atoms with van der Waals surface area (Å²) in [5, 5.41) is 11.3. The van der Waals surface area contributed by atoms with Gasteiger partial charge in [0.15, 0.2) is 5.76 Å². The predicted octanol–water partition coefficient (Wildman–Crippen LogP) is 5.28. The second-order valence-electron chi connectivity index (χ2n) is 10.6. The summed E-state index contributed by atoms with van der Waals surface area (Å²) in [6.45, 7) is 4.90. The van der Waals surface area contributed by atoms with Gasteiger partial charge in [-0.05, 0) is 63.2 Å². The highest BCUT2D eigenvalue weighted by atomic mass is 19.1. The van der Waals surface area contributed by atoms with Gasteiger partial charge in [-0.3, -0.25) is 9.69 Å². The molecule has 11 heteroatoms. The van der Waals surface area contributed by atoms with Crippen LogP contribution < -0.4 is 15.0 Å². The molecule has 0 saturated carbocycles. The Kier molecular flexibility index (Phi) is 7.94. The number of aromatic amines is 1. The molecule has 1 aliphatic rings. The average Bonchev–Trinajstić information content (AvgIpc) is 3.60. The van der Waals surface area contributed by atoms with Crippen molar-refractivity contribution in [3.8, 4) is 29.0 Å². The van der Waals surface area contributed by atoms with E-state index in [-0.39, 0.29) is 23.6 Å². The summed E-state index contributed by atoms with van der Waals surface area (Å²) < 4.78 is 33.4. The number of piperidine rings is 1. The monoisotopic (exact) mass is 582 g/mol. The summed E-state index contributed by atoms with van der Waals surface area (Å²) in [6, 6.07) is 17.2. The summed E-state index contributed by atoms with van der Waals surface area (Å²) in [5.74, 6) is 2.29. The molecule has 0 unspecified atom stereocenters. The van der Waals surface area contributed by atoms with Crippen LogP contribution >= 0.6 is 0 Å². The van der Waals surface area contributed by atoms with Crippen molar-refractivity contribution in [2.24, 2.45) is 7.05 Å². The molecule has 0 spiro atoms.